The van der Waals surface area contributed by atoms with Crippen molar-refractivity contribution in [2.75, 3.05) is 32.0 Å². The summed E-state index contributed by atoms with van der Waals surface area (Å²) < 4.78 is 16.0. The molecule has 3 aromatic rings. The first-order valence-electron chi connectivity index (χ1n) is 8.80. The van der Waals surface area contributed by atoms with Crippen molar-refractivity contribution in [2.45, 2.75) is 6.92 Å². The van der Waals surface area contributed by atoms with Crippen molar-refractivity contribution in [3.05, 3.63) is 47.1 Å². The lowest BCUT2D eigenvalue weighted by atomic mass is 10.1. The van der Waals surface area contributed by atoms with E-state index < -0.39 is 0 Å². The number of anilines is 4. The smallest absolute Gasteiger partial charge is 0.249 e. The van der Waals surface area contributed by atoms with Gasteiger partial charge in [-0.05, 0) is 31.2 Å². The number of hydrogen-bond donors (Lipinski definition) is 2. The maximum absolute atomic E-state index is 11.4. The molecule has 30 heavy (non-hydrogen) atoms. The molecule has 0 saturated heterocycles. The Morgan fingerprint density at radius 1 is 0.900 bits per heavy atom. The number of nitrogens with zero attached hydrogens (tertiary/aromatic N) is 3. The molecule has 2 N–H and O–H groups in total. The number of carbonyl (C=O) groups excluding carboxylic acids is 1. The molecule has 0 aliphatic rings. The van der Waals surface area contributed by atoms with Crippen LogP contribution in [-0.2, 0) is 0 Å². The lowest BCUT2D eigenvalue weighted by molar-refractivity contribution is 0.101. The normalized spacial score (nSPS) is 10.3. The van der Waals surface area contributed by atoms with Crippen LogP contribution >= 0.6 is 11.6 Å². The van der Waals surface area contributed by atoms with Crippen LogP contribution in [0.2, 0.25) is 5.15 Å². The van der Waals surface area contributed by atoms with E-state index in [0.717, 1.165) is 0 Å². The predicted octanol–water partition coefficient (Wildman–Crippen LogP) is 4.24. The molecule has 9 nitrogen and oxygen atoms in total. The highest BCUT2D eigenvalue weighted by Crippen LogP contribution is 2.40. The van der Waals surface area contributed by atoms with E-state index in [1.807, 2.05) is 0 Å². The van der Waals surface area contributed by atoms with E-state index in [1.165, 1.54) is 28.3 Å². The number of hydrogen-bond acceptors (Lipinski definition) is 9. The number of methoxy groups -OCH3 is 3. The minimum atomic E-state index is -0.0113. The van der Waals surface area contributed by atoms with Crippen LogP contribution in [0.1, 0.15) is 17.3 Å². The van der Waals surface area contributed by atoms with Gasteiger partial charge in [0.25, 0.3) is 0 Å². The van der Waals surface area contributed by atoms with E-state index in [-0.39, 0.29) is 22.7 Å². The van der Waals surface area contributed by atoms with Crippen molar-refractivity contribution in [2.24, 2.45) is 0 Å². The van der Waals surface area contributed by atoms with Crippen LogP contribution in [0.25, 0.3) is 0 Å². The summed E-state index contributed by atoms with van der Waals surface area (Å²) in [7, 11) is 4.58. The number of ketones is 1. The molecule has 0 amide bonds. The summed E-state index contributed by atoms with van der Waals surface area (Å²) in [5, 5.41) is 14.1. The van der Waals surface area contributed by atoms with Gasteiger partial charge in [-0.15, -0.1) is 10.2 Å². The van der Waals surface area contributed by atoms with Gasteiger partial charge in [0.1, 0.15) is 0 Å². The zero-order valence-corrected chi connectivity index (χ0v) is 17.6. The molecule has 0 saturated carbocycles. The number of rotatable bonds is 8. The molecule has 0 radical (unpaired) electrons. The summed E-state index contributed by atoms with van der Waals surface area (Å²) in [6.07, 6.45) is 0. The van der Waals surface area contributed by atoms with Gasteiger partial charge in [-0.25, -0.2) is 0 Å². The van der Waals surface area contributed by atoms with E-state index in [4.69, 9.17) is 25.8 Å². The molecule has 0 aliphatic carbocycles. The standard InChI is InChI=1S/C20H20ClN5O4/c1-11(27)12-5-7-13(8-6-12)23-20-24-19(18(21)25-26-20)22-14-9-15(28-2)17(30-4)16(10-14)29-3/h5-10H,1-4H3,(H2,22,23,24,26). The van der Waals surface area contributed by atoms with Crippen LogP contribution in [0, 0.1) is 0 Å². The molecule has 0 bridgehead atoms. The zero-order valence-electron chi connectivity index (χ0n) is 16.8. The number of nitrogens with one attached hydrogen (secondary N) is 2. The van der Waals surface area contributed by atoms with E-state index >= 15 is 0 Å². The fourth-order valence-electron chi connectivity index (χ4n) is 2.65. The minimum Gasteiger partial charge on any atom is -0.493 e. The van der Waals surface area contributed by atoms with Crippen LogP contribution in [0.3, 0.4) is 0 Å². The van der Waals surface area contributed by atoms with Gasteiger partial charge in [0, 0.05) is 29.1 Å². The average molecular weight is 430 g/mol. The SMILES string of the molecule is COc1cc(Nc2nc(Nc3ccc(C(C)=O)cc3)nnc2Cl)cc(OC)c1OC. The largest absolute Gasteiger partial charge is 0.493 e. The third-order valence-electron chi connectivity index (χ3n) is 4.12. The minimum absolute atomic E-state index is 0.0113. The fraction of sp³-hybridized carbons (Fsp3) is 0.200. The average Bonchev–Trinajstić information content (AvgIpc) is 2.75. The Balaban J connectivity index is 1.86. The van der Waals surface area contributed by atoms with Gasteiger partial charge < -0.3 is 24.8 Å². The molecule has 3 rings (SSSR count). The Morgan fingerprint density at radius 3 is 2.07 bits per heavy atom. The van der Waals surface area contributed by atoms with Gasteiger partial charge in [-0.2, -0.15) is 4.98 Å². The second kappa shape index (κ2) is 9.27. The highest BCUT2D eigenvalue weighted by Gasteiger charge is 2.15. The number of ether oxygens (including phenoxy) is 3. The molecule has 0 aliphatic heterocycles. The maximum Gasteiger partial charge on any atom is 0.249 e. The van der Waals surface area contributed by atoms with Gasteiger partial charge in [0.05, 0.1) is 21.3 Å². The van der Waals surface area contributed by atoms with Gasteiger partial charge in [-0.3, -0.25) is 4.79 Å². The number of halogens is 1. The maximum atomic E-state index is 11.4. The first-order valence-corrected chi connectivity index (χ1v) is 9.18. The molecular formula is C20H20ClN5O4. The number of carbonyl (C=O) groups is 1. The van der Waals surface area contributed by atoms with Crippen LogP contribution in [-0.4, -0.2) is 42.3 Å². The molecule has 0 atom stereocenters. The summed E-state index contributed by atoms with van der Waals surface area (Å²) in [5.41, 5.74) is 1.91. The Morgan fingerprint density at radius 2 is 1.53 bits per heavy atom. The number of Topliss-reactive ketones (excluding diaryl/α,β-unsaturated/α-hetero) is 1. The van der Waals surface area contributed by atoms with Crippen molar-refractivity contribution < 1.29 is 19.0 Å². The van der Waals surface area contributed by atoms with E-state index in [9.17, 15) is 4.79 Å². The summed E-state index contributed by atoms with van der Waals surface area (Å²) in [6, 6.07) is 10.4. The molecule has 0 fully saturated rings. The molecule has 156 valence electrons. The van der Waals surface area contributed by atoms with Gasteiger partial charge in [0.2, 0.25) is 11.7 Å². The van der Waals surface area contributed by atoms with E-state index in [1.54, 1.807) is 36.4 Å². The van der Waals surface area contributed by atoms with E-state index in [2.05, 4.69) is 25.8 Å². The highest BCUT2D eigenvalue weighted by atomic mass is 35.5. The van der Waals surface area contributed by atoms with Crippen LogP contribution < -0.4 is 24.8 Å². The van der Waals surface area contributed by atoms with Crippen molar-refractivity contribution in [1.29, 1.82) is 0 Å². The topological polar surface area (TPSA) is 107 Å². The zero-order chi connectivity index (χ0) is 21.7. The summed E-state index contributed by atoms with van der Waals surface area (Å²) in [5.74, 6) is 1.91. The molecular weight excluding hydrogens is 410 g/mol. The Hall–Kier alpha value is -3.59. The van der Waals surface area contributed by atoms with Crippen molar-refractivity contribution in [3.63, 3.8) is 0 Å². The van der Waals surface area contributed by atoms with Crippen molar-refractivity contribution in [3.8, 4) is 17.2 Å². The molecule has 0 spiro atoms. The highest BCUT2D eigenvalue weighted by molar-refractivity contribution is 6.31. The molecule has 1 heterocycles. The second-order valence-electron chi connectivity index (χ2n) is 6.07. The Kier molecular flexibility index (Phi) is 6.53. The second-order valence-corrected chi connectivity index (χ2v) is 6.43. The molecule has 0 unspecified atom stereocenters. The summed E-state index contributed by atoms with van der Waals surface area (Å²) >= 11 is 6.16. The van der Waals surface area contributed by atoms with Gasteiger partial charge >= 0.3 is 0 Å². The molecule has 2 aromatic carbocycles. The summed E-state index contributed by atoms with van der Waals surface area (Å²) in [4.78, 5) is 15.8. The van der Waals surface area contributed by atoms with Crippen molar-refractivity contribution in [1.82, 2.24) is 15.2 Å². The predicted molar refractivity (Wildman–Crippen MR) is 114 cm³/mol. The first-order chi connectivity index (χ1) is 14.4. The van der Waals surface area contributed by atoms with Crippen LogP contribution in [0.15, 0.2) is 36.4 Å². The van der Waals surface area contributed by atoms with Crippen LogP contribution in [0.5, 0.6) is 17.2 Å². The lowest BCUT2D eigenvalue weighted by Crippen LogP contribution is -2.04. The van der Waals surface area contributed by atoms with E-state index in [0.29, 0.717) is 34.2 Å². The molecule has 1 aromatic heterocycles. The monoisotopic (exact) mass is 429 g/mol. The lowest BCUT2D eigenvalue weighted by Gasteiger charge is -2.15. The molecule has 10 heteroatoms. The van der Waals surface area contributed by atoms with Gasteiger partial charge in [0.15, 0.2) is 28.3 Å². The van der Waals surface area contributed by atoms with Crippen molar-refractivity contribution >= 4 is 40.5 Å². The first kappa shape index (κ1) is 21.1. The fourth-order valence-corrected chi connectivity index (χ4v) is 2.78. The Bertz CT molecular complexity index is 1030. The third-order valence-corrected chi connectivity index (χ3v) is 4.38. The van der Waals surface area contributed by atoms with Gasteiger partial charge in [-0.1, -0.05) is 11.6 Å². The quantitative estimate of drug-likeness (QED) is 0.508. The Labute approximate surface area is 178 Å². The summed E-state index contributed by atoms with van der Waals surface area (Å²) in [6.45, 7) is 1.51. The van der Waals surface area contributed by atoms with Crippen LogP contribution in [0.4, 0.5) is 23.1 Å². The number of aromatic nitrogens is 3. The third kappa shape index (κ3) is 4.69. The number of benzene rings is 2.